The Morgan fingerprint density at radius 3 is 2.50 bits per heavy atom. The number of carbonyl (C=O) groups is 1. The number of aromatic nitrogens is 1. The van der Waals surface area contributed by atoms with E-state index in [-0.39, 0.29) is 5.56 Å². The summed E-state index contributed by atoms with van der Waals surface area (Å²) in [4.78, 5) is 15.9. The number of hydrogen-bond donors (Lipinski definition) is 3. The molecule has 0 aliphatic rings. The molecule has 1 atom stereocenters. The first-order valence-electron chi connectivity index (χ1n) is 7.02. The monoisotopic (exact) mass is 339 g/mol. The lowest BCUT2D eigenvalue weighted by molar-refractivity contribution is -0.137. The van der Waals surface area contributed by atoms with Crippen molar-refractivity contribution >= 4 is 11.7 Å². The number of amides is 2. The fourth-order valence-corrected chi connectivity index (χ4v) is 2.09. The van der Waals surface area contributed by atoms with E-state index >= 15 is 0 Å². The zero-order valence-electron chi connectivity index (χ0n) is 12.8. The van der Waals surface area contributed by atoms with Gasteiger partial charge in [-0.25, -0.2) is 4.79 Å². The molecule has 0 bridgehead atoms. The van der Waals surface area contributed by atoms with Gasteiger partial charge in [0.15, 0.2) is 0 Å². The molecular weight excluding hydrogens is 323 g/mol. The van der Waals surface area contributed by atoms with Crippen LogP contribution in [0.3, 0.4) is 0 Å². The number of nitrogens with zero attached hydrogens (tertiary/aromatic N) is 1. The van der Waals surface area contributed by atoms with Crippen LogP contribution < -0.4 is 10.6 Å². The van der Waals surface area contributed by atoms with E-state index in [1.165, 1.54) is 31.5 Å². The third-order valence-electron chi connectivity index (χ3n) is 3.45. The number of anilines is 1. The molecule has 0 spiro atoms. The van der Waals surface area contributed by atoms with Crippen LogP contribution in [0.5, 0.6) is 0 Å². The zero-order valence-corrected chi connectivity index (χ0v) is 12.8. The molecular formula is C16H16F3N3O2. The Morgan fingerprint density at radius 1 is 1.21 bits per heavy atom. The Bertz CT molecular complexity index is 707. The molecule has 1 aromatic carbocycles. The molecule has 0 fully saturated rings. The van der Waals surface area contributed by atoms with E-state index in [1.54, 1.807) is 12.1 Å². The molecule has 1 unspecified atom stereocenters. The molecule has 0 aliphatic carbocycles. The van der Waals surface area contributed by atoms with E-state index in [4.69, 9.17) is 0 Å². The van der Waals surface area contributed by atoms with Crippen molar-refractivity contribution in [1.82, 2.24) is 10.3 Å². The van der Waals surface area contributed by atoms with Gasteiger partial charge in [-0.1, -0.05) is 12.1 Å². The van der Waals surface area contributed by atoms with Crippen LogP contribution in [0.15, 0.2) is 48.8 Å². The fourth-order valence-electron chi connectivity index (χ4n) is 2.09. The minimum atomic E-state index is -4.51. The maximum atomic E-state index is 12.8. The van der Waals surface area contributed by atoms with Gasteiger partial charge in [0.05, 0.1) is 29.6 Å². The van der Waals surface area contributed by atoms with Crippen molar-refractivity contribution < 1.29 is 23.1 Å². The molecule has 24 heavy (non-hydrogen) atoms. The van der Waals surface area contributed by atoms with Crippen LogP contribution in [-0.2, 0) is 11.7 Å². The molecule has 5 nitrogen and oxygen atoms in total. The quantitative estimate of drug-likeness (QED) is 0.801. The molecule has 2 rings (SSSR count). The van der Waals surface area contributed by atoms with Crippen molar-refractivity contribution in [3.8, 4) is 0 Å². The minimum absolute atomic E-state index is 0.140. The van der Waals surface area contributed by atoms with Crippen molar-refractivity contribution in [1.29, 1.82) is 0 Å². The number of aliphatic hydroxyl groups is 1. The first-order chi connectivity index (χ1) is 11.2. The Balaban J connectivity index is 2.20. The van der Waals surface area contributed by atoms with Gasteiger partial charge < -0.3 is 15.7 Å². The highest BCUT2D eigenvalue weighted by Gasteiger charge is 2.34. The molecule has 1 aromatic heterocycles. The third-order valence-corrected chi connectivity index (χ3v) is 3.45. The summed E-state index contributed by atoms with van der Waals surface area (Å²) in [5, 5.41) is 14.6. The number of carbonyl (C=O) groups excluding carboxylic acids is 1. The predicted molar refractivity (Wildman–Crippen MR) is 82.3 cm³/mol. The van der Waals surface area contributed by atoms with Crippen LogP contribution in [0.25, 0.3) is 0 Å². The highest BCUT2D eigenvalue weighted by molar-refractivity contribution is 5.89. The topological polar surface area (TPSA) is 74.2 Å². The number of nitrogens with one attached hydrogen (secondary N) is 2. The van der Waals surface area contributed by atoms with E-state index in [1.807, 2.05) is 0 Å². The highest BCUT2D eigenvalue weighted by Crippen LogP contribution is 2.32. The van der Waals surface area contributed by atoms with Crippen molar-refractivity contribution in [2.75, 3.05) is 11.9 Å². The summed E-state index contributed by atoms with van der Waals surface area (Å²) in [6.45, 7) is 0.861. The summed E-state index contributed by atoms with van der Waals surface area (Å²) >= 11 is 0. The summed E-state index contributed by atoms with van der Waals surface area (Å²) < 4.78 is 38.5. The van der Waals surface area contributed by atoms with Gasteiger partial charge in [-0.15, -0.1) is 0 Å². The van der Waals surface area contributed by atoms with Gasteiger partial charge in [0.1, 0.15) is 0 Å². The van der Waals surface area contributed by atoms with Gasteiger partial charge in [0.25, 0.3) is 0 Å². The maximum Gasteiger partial charge on any atom is 0.416 e. The number of pyridine rings is 1. The predicted octanol–water partition coefficient (Wildman–Crippen LogP) is 3.13. The number of halogens is 3. The number of aliphatic hydroxyl groups excluding tert-OH is 1. The average molecular weight is 339 g/mol. The van der Waals surface area contributed by atoms with Crippen molar-refractivity contribution in [2.45, 2.75) is 18.6 Å². The Hall–Kier alpha value is -2.61. The first kappa shape index (κ1) is 17.7. The van der Waals surface area contributed by atoms with E-state index in [9.17, 15) is 23.1 Å². The van der Waals surface area contributed by atoms with Crippen LogP contribution in [0, 0.1) is 0 Å². The lowest BCUT2D eigenvalue weighted by atomic mass is 9.91. The van der Waals surface area contributed by atoms with E-state index < -0.39 is 29.9 Å². The average Bonchev–Trinajstić information content (AvgIpc) is 2.55. The third kappa shape index (κ3) is 4.23. The van der Waals surface area contributed by atoms with Crippen LogP contribution in [0.1, 0.15) is 18.1 Å². The number of alkyl halides is 3. The lowest BCUT2D eigenvalue weighted by Crippen LogP contribution is -2.48. The van der Waals surface area contributed by atoms with Crippen molar-refractivity contribution in [3.63, 3.8) is 0 Å². The van der Waals surface area contributed by atoms with Gasteiger partial charge in [0, 0.05) is 6.20 Å². The highest BCUT2D eigenvalue weighted by atomic mass is 19.4. The Labute approximate surface area is 136 Å². The minimum Gasteiger partial charge on any atom is -0.394 e. The Kier molecular flexibility index (Phi) is 5.08. The smallest absolute Gasteiger partial charge is 0.394 e. The van der Waals surface area contributed by atoms with E-state index in [2.05, 4.69) is 15.6 Å². The molecule has 0 radical (unpaired) electrons. The second kappa shape index (κ2) is 6.88. The number of urea groups is 1. The summed E-state index contributed by atoms with van der Waals surface area (Å²) in [5.41, 5.74) is -1.68. The van der Waals surface area contributed by atoms with E-state index in [0.29, 0.717) is 5.69 Å². The summed E-state index contributed by atoms with van der Waals surface area (Å²) in [6, 6.07) is 7.03. The van der Waals surface area contributed by atoms with Gasteiger partial charge in [-0.3, -0.25) is 4.98 Å². The second-order valence-electron chi connectivity index (χ2n) is 5.39. The molecule has 3 N–H and O–H groups in total. The molecule has 128 valence electrons. The van der Waals surface area contributed by atoms with Gasteiger partial charge in [-0.05, 0) is 36.8 Å². The number of hydrogen-bond acceptors (Lipinski definition) is 3. The molecule has 2 amide bonds. The zero-order chi connectivity index (χ0) is 17.8. The SMILES string of the molecule is CC(CO)(NC(=O)Nc1cccnc1)c1cccc(C(F)(F)F)c1. The van der Waals surface area contributed by atoms with Crippen LogP contribution in [-0.4, -0.2) is 22.7 Å². The molecule has 8 heteroatoms. The summed E-state index contributed by atoms with van der Waals surface area (Å²) in [5.74, 6) is 0. The summed E-state index contributed by atoms with van der Waals surface area (Å²) in [6.07, 6.45) is -1.56. The maximum absolute atomic E-state index is 12.8. The van der Waals surface area contributed by atoms with Crippen molar-refractivity contribution in [3.05, 3.63) is 59.9 Å². The fraction of sp³-hybridized carbons (Fsp3) is 0.250. The first-order valence-corrected chi connectivity index (χ1v) is 7.02. The summed E-state index contributed by atoms with van der Waals surface area (Å²) in [7, 11) is 0. The number of rotatable bonds is 4. The van der Waals surface area contributed by atoms with Crippen LogP contribution in [0.4, 0.5) is 23.7 Å². The number of benzene rings is 1. The molecule has 0 aliphatic heterocycles. The van der Waals surface area contributed by atoms with Crippen LogP contribution in [0.2, 0.25) is 0 Å². The molecule has 0 saturated carbocycles. The molecule has 2 aromatic rings. The van der Waals surface area contributed by atoms with Gasteiger partial charge in [-0.2, -0.15) is 13.2 Å². The second-order valence-corrected chi connectivity index (χ2v) is 5.39. The normalized spacial score (nSPS) is 13.9. The largest absolute Gasteiger partial charge is 0.416 e. The van der Waals surface area contributed by atoms with Gasteiger partial charge in [0.2, 0.25) is 0 Å². The van der Waals surface area contributed by atoms with Crippen LogP contribution >= 0.6 is 0 Å². The van der Waals surface area contributed by atoms with Crippen molar-refractivity contribution in [2.24, 2.45) is 0 Å². The van der Waals surface area contributed by atoms with E-state index in [0.717, 1.165) is 12.1 Å². The van der Waals surface area contributed by atoms with Gasteiger partial charge >= 0.3 is 12.2 Å². The lowest BCUT2D eigenvalue weighted by Gasteiger charge is -2.30. The molecule has 0 saturated heterocycles. The Morgan fingerprint density at radius 2 is 1.92 bits per heavy atom. The standard InChI is InChI=1S/C16H16F3N3O2/c1-15(10-23,11-4-2-5-12(8-11)16(17,18)19)22-14(24)21-13-6-3-7-20-9-13/h2-9,23H,10H2,1H3,(H2,21,22,24). The molecule has 1 heterocycles.